The van der Waals surface area contributed by atoms with Crippen molar-refractivity contribution in [3.8, 4) is 0 Å². The van der Waals surface area contributed by atoms with E-state index in [-0.39, 0.29) is 5.69 Å². The highest BCUT2D eigenvalue weighted by atomic mass is 16.6. The van der Waals surface area contributed by atoms with Crippen LogP contribution in [-0.4, -0.2) is 4.92 Å². The SMILES string of the molecule is CC.CC.Cc1cccc(N=O)c1.Cc1cccc([N+](=O)[O-])c1. The van der Waals surface area contributed by atoms with Gasteiger partial charge in [-0.15, -0.1) is 4.91 Å². The highest BCUT2D eigenvalue weighted by Crippen LogP contribution is 2.12. The van der Waals surface area contributed by atoms with E-state index < -0.39 is 4.92 Å². The fourth-order valence-corrected chi connectivity index (χ4v) is 1.43. The van der Waals surface area contributed by atoms with E-state index in [9.17, 15) is 15.0 Å². The molecule has 0 bridgehead atoms. The molecule has 0 saturated carbocycles. The van der Waals surface area contributed by atoms with E-state index in [4.69, 9.17) is 0 Å². The molecule has 0 atom stereocenters. The molecular formula is C18H26N2O3. The first kappa shape index (κ1) is 22.7. The second-order valence-electron chi connectivity index (χ2n) is 4.03. The number of non-ortho nitro benzene ring substituents is 1. The first-order chi connectivity index (χ1) is 11.0. The first-order valence-electron chi connectivity index (χ1n) is 7.64. The molecule has 23 heavy (non-hydrogen) atoms. The molecule has 2 rings (SSSR count). The number of rotatable bonds is 2. The molecule has 2 aromatic rings. The lowest BCUT2D eigenvalue weighted by Gasteiger charge is -1.90. The van der Waals surface area contributed by atoms with Crippen LogP contribution in [0.2, 0.25) is 0 Å². The van der Waals surface area contributed by atoms with Crippen molar-refractivity contribution >= 4 is 11.4 Å². The second kappa shape index (κ2) is 14.4. The molecule has 0 heterocycles. The van der Waals surface area contributed by atoms with E-state index in [0.717, 1.165) is 11.1 Å². The normalized spacial score (nSPS) is 8.09. The number of aryl methyl sites for hydroxylation is 2. The van der Waals surface area contributed by atoms with Crippen molar-refractivity contribution in [3.05, 3.63) is 74.7 Å². The van der Waals surface area contributed by atoms with Crippen LogP contribution in [0.4, 0.5) is 11.4 Å². The molecular weight excluding hydrogens is 292 g/mol. The molecule has 0 spiro atoms. The fraction of sp³-hybridized carbons (Fsp3) is 0.333. The third kappa shape index (κ3) is 10.8. The van der Waals surface area contributed by atoms with Crippen LogP contribution < -0.4 is 0 Å². The molecule has 5 nitrogen and oxygen atoms in total. The van der Waals surface area contributed by atoms with Gasteiger partial charge in [-0.3, -0.25) is 10.1 Å². The molecule has 0 aliphatic heterocycles. The average Bonchev–Trinajstić information content (AvgIpc) is 2.59. The largest absolute Gasteiger partial charge is 0.269 e. The molecule has 0 fully saturated rings. The van der Waals surface area contributed by atoms with E-state index in [1.807, 2.05) is 59.7 Å². The smallest absolute Gasteiger partial charge is 0.258 e. The Morgan fingerprint density at radius 1 is 0.870 bits per heavy atom. The number of nitroso groups, excluding NO2 is 1. The van der Waals surface area contributed by atoms with Crippen molar-refractivity contribution in [3.63, 3.8) is 0 Å². The Morgan fingerprint density at radius 2 is 1.35 bits per heavy atom. The van der Waals surface area contributed by atoms with Gasteiger partial charge >= 0.3 is 0 Å². The van der Waals surface area contributed by atoms with Crippen molar-refractivity contribution in [2.75, 3.05) is 0 Å². The third-order valence-electron chi connectivity index (χ3n) is 2.32. The van der Waals surface area contributed by atoms with E-state index in [2.05, 4.69) is 5.18 Å². The molecule has 0 radical (unpaired) electrons. The van der Waals surface area contributed by atoms with Gasteiger partial charge in [0.1, 0.15) is 5.69 Å². The van der Waals surface area contributed by atoms with Crippen LogP contribution in [-0.2, 0) is 0 Å². The van der Waals surface area contributed by atoms with Crippen LogP contribution >= 0.6 is 0 Å². The van der Waals surface area contributed by atoms with Gasteiger partial charge < -0.3 is 0 Å². The Morgan fingerprint density at radius 3 is 1.65 bits per heavy atom. The summed E-state index contributed by atoms with van der Waals surface area (Å²) in [4.78, 5) is 19.7. The number of hydrogen-bond donors (Lipinski definition) is 0. The van der Waals surface area contributed by atoms with Gasteiger partial charge in [0.15, 0.2) is 0 Å². The lowest BCUT2D eigenvalue weighted by Crippen LogP contribution is -1.86. The maximum atomic E-state index is 10.2. The van der Waals surface area contributed by atoms with Crippen LogP contribution in [0.1, 0.15) is 38.8 Å². The van der Waals surface area contributed by atoms with Gasteiger partial charge in [-0.05, 0) is 42.3 Å². The number of benzene rings is 2. The summed E-state index contributed by atoms with van der Waals surface area (Å²) in [6.07, 6.45) is 0. The Kier molecular flexibility index (Phi) is 14.2. The minimum atomic E-state index is -0.396. The predicted octanol–water partition coefficient (Wildman–Crippen LogP) is 6.35. The van der Waals surface area contributed by atoms with Crippen LogP contribution in [0.25, 0.3) is 0 Å². The number of nitro groups is 1. The van der Waals surface area contributed by atoms with Gasteiger partial charge in [0.2, 0.25) is 0 Å². The second-order valence-corrected chi connectivity index (χ2v) is 4.03. The van der Waals surface area contributed by atoms with E-state index in [0.29, 0.717) is 5.69 Å². The summed E-state index contributed by atoms with van der Waals surface area (Å²) in [6, 6.07) is 13.7. The number of hydrogen-bond acceptors (Lipinski definition) is 4. The maximum absolute atomic E-state index is 10.2. The summed E-state index contributed by atoms with van der Waals surface area (Å²) >= 11 is 0. The van der Waals surface area contributed by atoms with Crippen molar-refractivity contribution in [1.29, 1.82) is 0 Å². The number of nitro benzene ring substituents is 1. The average molecular weight is 318 g/mol. The minimum Gasteiger partial charge on any atom is -0.258 e. The van der Waals surface area contributed by atoms with Crippen molar-refractivity contribution in [2.45, 2.75) is 41.5 Å². The maximum Gasteiger partial charge on any atom is 0.269 e. The number of nitrogens with zero attached hydrogens (tertiary/aromatic N) is 2. The van der Waals surface area contributed by atoms with E-state index in [1.165, 1.54) is 6.07 Å². The van der Waals surface area contributed by atoms with Gasteiger partial charge in [-0.25, -0.2) is 0 Å². The highest BCUT2D eigenvalue weighted by Gasteiger charge is 2.01. The van der Waals surface area contributed by atoms with Gasteiger partial charge in [0.25, 0.3) is 5.69 Å². The molecule has 0 aromatic heterocycles. The molecule has 0 aliphatic rings. The molecule has 0 N–H and O–H groups in total. The van der Waals surface area contributed by atoms with Crippen molar-refractivity contribution in [1.82, 2.24) is 0 Å². The van der Waals surface area contributed by atoms with Crippen LogP contribution in [0, 0.1) is 28.9 Å². The molecule has 0 unspecified atom stereocenters. The van der Waals surface area contributed by atoms with Crippen LogP contribution in [0.5, 0.6) is 0 Å². The predicted molar refractivity (Wildman–Crippen MR) is 97.2 cm³/mol. The van der Waals surface area contributed by atoms with E-state index in [1.54, 1.807) is 24.3 Å². The highest BCUT2D eigenvalue weighted by molar-refractivity contribution is 5.39. The van der Waals surface area contributed by atoms with Gasteiger partial charge in [0, 0.05) is 12.1 Å². The molecule has 5 heteroatoms. The molecule has 0 saturated heterocycles. The zero-order valence-electron chi connectivity index (χ0n) is 14.7. The summed E-state index contributed by atoms with van der Waals surface area (Å²) in [5.74, 6) is 0. The summed E-state index contributed by atoms with van der Waals surface area (Å²) in [7, 11) is 0. The molecule has 0 amide bonds. The standard InChI is InChI=1S/C7H7NO2.C7H7NO.2C2H6/c1-6-3-2-4-7(5-6)8(9)10;1-6-3-2-4-7(5-6)8-9;2*1-2/h2-5H,1H3;2-5H,1H3;2*1-2H3. The first-order valence-corrected chi connectivity index (χ1v) is 7.64. The Hall–Kier alpha value is -2.56. The van der Waals surface area contributed by atoms with Crippen LogP contribution in [0.3, 0.4) is 0 Å². The minimum absolute atomic E-state index is 0.153. The van der Waals surface area contributed by atoms with Crippen molar-refractivity contribution in [2.24, 2.45) is 5.18 Å². The Labute approximate surface area is 138 Å². The zero-order valence-corrected chi connectivity index (χ0v) is 14.7. The van der Waals surface area contributed by atoms with E-state index >= 15 is 0 Å². The van der Waals surface area contributed by atoms with Gasteiger partial charge in [-0.2, -0.15) is 0 Å². The lowest BCUT2D eigenvalue weighted by atomic mass is 10.2. The summed E-state index contributed by atoms with van der Waals surface area (Å²) in [6.45, 7) is 11.8. The molecule has 126 valence electrons. The lowest BCUT2D eigenvalue weighted by molar-refractivity contribution is -0.384. The topological polar surface area (TPSA) is 72.6 Å². The monoisotopic (exact) mass is 318 g/mol. The van der Waals surface area contributed by atoms with Gasteiger partial charge in [0.05, 0.1) is 4.92 Å². The fourth-order valence-electron chi connectivity index (χ4n) is 1.43. The van der Waals surface area contributed by atoms with Crippen molar-refractivity contribution < 1.29 is 4.92 Å². The summed E-state index contributed by atoms with van der Waals surface area (Å²) in [5.41, 5.74) is 2.62. The third-order valence-corrected chi connectivity index (χ3v) is 2.32. The van der Waals surface area contributed by atoms with Crippen LogP contribution in [0.15, 0.2) is 53.7 Å². The Bertz CT molecular complexity index is 584. The quantitative estimate of drug-likeness (QED) is 0.368. The summed E-state index contributed by atoms with van der Waals surface area (Å²) in [5, 5.41) is 12.9. The molecule has 0 aliphatic carbocycles. The zero-order chi connectivity index (χ0) is 18.3. The van der Waals surface area contributed by atoms with Gasteiger partial charge in [-0.1, -0.05) is 52.0 Å². The Balaban J connectivity index is 0. The summed E-state index contributed by atoms with van der Waals surface area (Å²) < 4.78 is 0. The molecule has 2 aromatic carbocycles.